The first-order valence-electron chi connectivity index (χ1n) is 46.1. The molecule has 31 heteroatoms. The summed E-state index contributed by atoms with van der Waals surface area (Å²) in [6, 6.07) is 57.2. The molecule has 140 heavy (non-hydrogen) atoms. The second-order valence-corrected chi connectivity index (χ2v) is 37.3. The van der Waals surface area contributed by atoms with Gasteiger partial charge in [-0.05, 0) is 295 Å². The second-order valence-electron chi connectivity index (χ2n) is 35.7. The van der Waals surface area contributed by atoms with Crippen LogP contribution in [0.1, 0.15) is 99.6 Å². The second kappa shape index (κ2) is 40.7. The number of hydrogen-bond acceptors (Lipinski definition) is 16. The summed E-state index contributed by atoms with van der Waals surface area (Å²) in [7, 11) is -3.76. The fraction of sp³-hybridized carbons (Fsp3) is 0.202. The lowest BCUT2D eigenvalue weighted by molar-refractivity contribution is -0.123. The number of sulfonamides is 1. The number of halogens is 4. The number of carbonyl (C=O) groups is 5. The molecule has 4 aliphatic carbocycles. The first-order chi connectivity index (χ1) is 67.6. The molecule has 26 nitrogen and oxygen atoms in total. The lowest BCUT2D eigenvalue weighted by Gasteiger charge is -2.26. The van der Waals surface area contributed by atoms with Gasteiger partial charge in [-0.1, -0.05) is 66.8 Å². The molecule has 9 N–H and O–H groups in total. The van der Waals surface area contributed by atoms with Crippen LogP contribution < -0.4 is 32.6 Å². The number of primary sulfonamides is 1. The van der Waals surface area contributed by atoms with Gasteiger partial charge in [0.05, 0.1) is 80.6 Å². The Morgan fingerprint density at radius 2 is 0.850 bits per heavy atom. The quantitative estimate of drug-likeness (QED) is 0.0234. The molecule has 7 atom stereocenters. The van der Waals surface area contributed by atoms with Crippen molar-refractivity contribution in [1.82, 2.24) is 78.3 Å². The highest BCUT2D eigenvalue weighted by molar-refractivity contribution is 7.89. The van der Waals surface area contributed by atoms with Crippen molar-refractivity contribution in [3.8, 4) is 101 Å². The average molecular weight is 1900 g/mol. The molecular weight excluding hydrogens is 1800 g/mol. The van der Waals surface area contributed by atoms with Crippen molar-refractivity contribution in [3.63, 3.8) is 0 Å². The first-order valence-corrected chi connectivity index (χ1v) is 47.6. The summed E-state index contributed by atoms with van der Waals surface area (Å²) in [4.78, 5) is 98.6. The molecule has 3 fully saturated rings. The van der Waals surface area contributed by atoms with E-state index in [9.17, 15) is 50.0 Å². The van der Waals surface area contributed by atoms with Crippen LogP contribution in [-0.2, 0) is 19.6 Å². The number of fused-ring (bicyclic) bond motifs is 8. The van der Waals surface area contributed by atoms with Gasteiger partial charge in [0.2, 0.25) is 39.3 Å². The summed E-state index contributed by atoms with van der Waals surface area (Å²) in [5, 5.41) is 14.4. The third-order valence-electron chi connectivity index (χ3n) is 26.2. The number of carbonyl (C=O) groups excluding carboxylic acids is 5. The van der Waals surface area contributed by atoms with Gasteiger partial charge < -0.3 is 32.3 Å². The standard InChI is InChI=1S/C28H24FN5O2.C27H28FN5O.C27H23FN4O.C25H19FN4O2S.C2H5NO/c1-15-11-18(6-7-22(15)29)24-21(3-2-9-31-24)16-8-10-34-20(13-16)14-32-27(34)28(36)33-25-19-5-4-17(12-19)23(25)26(30)35;1-19-16-21(7-8-24(19)28)25-23(6-4-10-29-25)20-9-15-33-22(17-20)18-31-26(33)27(34)30-11-5-14-32-12-2-3-13-32;1-16-11-19(7-9-23(16)28)25-22(3-2-10-29-25)20-6-8-21-14-30-26(32(21)15-20)27(33)31-24-13-17-4-5-18(24)12-17;1-16-13-18(6-10-22(16)26)25-21(3-2-12-28-25)19-7-11-24-29-14-23(30(24)15-19)17-4-8-20(9-5-17)33(27,31)32;1-2(3)4/h2-11,13-14,17,19,23,25H,12H2,1H3,(H2,30,35)(H,33,36);4,6-10,15-18H,2-3,5,11-14H2,1H3,(H,30,34);2-11,14-15,17-18,24H,12-13H2,1H3,(H,31,33);2-15H,1H3,(H2,27,31,32);1H3,(H2,3,4)/t17?,19?,23-,25+;;17?,18?,24-;;/m0.0../s1. The monoisotopic (exact) mass is 1890 g/mol. The summed E-state index contributed by atoms with van der Waals surface area (Å²) in [6.45, 7) is 12.2. The van der Waals surface area contributed by atoms with Crippen LogP contribution in [0.25, 0.3) is 123 Å². The fourth-order valence-corrected chi connectivity index (χ4v) is 19.7. The number of aryl methyl sites for hydroxylation is 4. The molecule has 2 saturated carbocycles. The molecule has 12 aromatic heterocycles. The molecule has 1 saturated heterocycles. The maximum Gasteiger partial charge on any atom is 0.287 e. The number of rotatable bonds is 20. The zero-order chi connectivity index (χ0) is 97.7. The minimum Gasteiger partial charge on any atom is -0.370 e. The fourth-order valence-electron chi connectivity index (χ4n) is 19.2. The van der Waals surface area contributed by atoms with E-state index in [2.05, 4.69) is 84.7 Å². The van der Waals surface area contributed by atoms with Gasteiger partial charge in [0.15, 0.2) is 0 Å². The molecule has 4 bridgehead atoms. The third-order valence-corrected chi connectivity index (χ3v) is 27.1. The van der Waals surface area contributed by atoms with Crippen molar-refractivity contribution in [2.24, 2.45) is 46.2 Å². The predicted octanol–water partition coefficient (Wildman–Crippen LogP) is 18.2. The van der Waals surface area contributed by atoms with Gasteiger partial charge >= 0.3 is 0 Å². The molecule has 13 heterocycles. The third kappa shape index (κ3) is 20.3. The smallest absolute Gasteiger partial charge is 0.287 e. The van der Waals surface area contributed by atoms with Gasteiger partial charge in [0, 0.05) is 136 Å². The first kappa shape index (κ1) is 94.2. The Labute approximate surface area is 804 Å². The SMILES string of the molecule is CC(N)=O.Cc1cc(-c2ncccc2-c2ccc3cnc(C(=O)N[C@H]4CC5C=CC4C5)n3c2)ccc1F.Cc1cc(-c2ncccc2-c2ccc3ncc(-c4ccc(S(N)(=O)=O)cc4)n3c2)ccc1F.Cc1cc(-c2ncccc2-c2ccn3c(C(=O)NCCCN4CCCC4)ncc3c2)ccc1F.Cc1cc(-c2ncccc2-c2ccn3c(C(=O)N[C@@H]4C5C=CC(C5)[C@@H]4C(N)=O)ncc3c2)ccc1F. The van der Waals surface area contributed by atoms with E-state index < -0.39 is 21.8 Å². The number of nitrogens with one attached hydrogen (secondary N) is 3. The van der Waals surface area contributed by atoms with Gasteiger partial charge in [-0.25, -0.2) is 51.1 Å². The molecule has 5 aromatic carbocycles. The lowest BCUT2D eigenvalue weighted by atomic mass is 9.88. The summed E-state index contributed by atoms with van der Waals surface area (Å²) < 4.78 is 85.7. The van der Waals surface area contributed by atoms with Crippen molar-refractivity contribution < 1.29 is 50.0 Å². The van der Waals surface area contributed by atoms with Crippen LogP contribution >= 0.6 is 0 Å². The Kier molecular flexibility index (Phi) is 27.4. The van der Waals surface area contributed by atoms with Gasteiger partial charge in [0.25, 0.3) is 17.7 Å². The Morgan fingerprint density at radius 1 is 0.421 bits per heavy atom. The number of hydrogen-bond donors (Lipinski definition) is 6. The van der Waals surface area contributed by atoms with Crippen molar-refractivity contribution >= 4 is 61.8 Å². The number of primary amides is 2. The van der Waals surface area contributed by atoms with Gasteiger partial charge in [-0.3, -0.25) is 61.5 Å². The van der Waals surface area contributed by atoms with Gasteiger partial charge in [-0.15, -0.1) is 0 Å². The largest absolute Gasteiger partial charge is 0.370 e. The number of allylic oxidation sites excluding steroid dienone is 2. The lowest BCUT2D eigenvalue weighted by Crippen LogP contribution is -2.48. The Hall–Kier alpha value is -16.1. The normalized spacial score (nSPS) is 17.1. The Bertz CT molecular complexity index is 7840. The van der Waals surface area contributed by atoms with Crippen LogP contribution in [0.4, 0.5) is 17.6 Å². The van der Waals surface area contributed by atoms with E-state index in [1.165, 1.54) is 69.3 Å². The molecule has 0 radical (unpaired) electrons. The highest BCUT2D eigenvalue weighted by Crippen LogP contribution is 2.45. The number of imidazole rings is 4. The van der Waals surface area contributed by atoms with E-state index >= 15 is 0 Å². The minimum absolute atomic E-state index is 0.0513. The van der Waals surface area contributed by atoms with Crippen molar-refractivity contribution in [1.29, 1.82) is 0 Å². The molecule has 1 aliphatic heterocycles. The topological polar surface area (TPSA) is 358 Å². The van der Waals surface area contributed by atoms with Crippen molar-refractivity contribution in [2.75, 3.05) is 26.2 Å². The maximum absolute atomic E-state index is 13.8. The molecule has 22 rings (SSSR count). The Balaban J connectivity index is 0.000000122. The molecule has 5 amide bonds. The highest BCUT2D eigenvalue weighted by atomic mass is 32.2. The van der Waals surface area contributed by atoms with Crippen LogP contribution in [-0.4, -0.2) is 139 Å². The van der Waals surface area contributed by atoms with E-state index in [0.717, 1.165) is 155 Å². The van der Waals surface area contributed by atoms with Crippen molar-refractivity contribution in [3.05, 3.63) is 356 Å². The van der Waals surface area contributed by atoms with E-state index in [-0.39, 0.29) is 81.5 Å². The molecule has 5 aliphatic rings. The zero-order valence-electron chi connectivity index (χ0n) is 77.1. The Morgan fingerprint density at radius 3 is 1.31 bits per heavy atom. The number of nitrogens with zero attached hydrogens (tertiary/aromatic N) is 13. The number of likely N-dealkylation sites (tertiary alicyclic amines) is 1. The zero-order valence-corrected chi connectivity index (χ0v) is 78.0. The molecule has 706 valence electrons. The molecular formula is C109H99F4N19O7S. The number of amides is 5. The van der Waals surface area contributed by atoms with Gasteiger partial charge in [-0.2, -0.15) is 0 Å². The van der Waals surface area contributed by atoms with E-state index in [0.29, 0.717) is 52.3 Å². The maximum atomic E-state index is 13.8. The van der Waals surface area contributed by atoms with Crippen molar-refractivity contribution in [2.45, 2.75) is 90.1 Å². The van der Waals surface area contributed by atoms with E-state index in [1.54, 1.807) is 147 Å². The number of pyridine rings is 8. The summed E-state index contributed by atoms with van der Waals surface area (Å²) in [5.74, 6) is -0.580. The number of nitrogens with two attached hydrogens (primary N) is 3. The van der Waals surface area contributed by atoms with Crippen LogP contribution in [0.2, 0.25) is 0 Å². The highest BCUT2D eigenvalue weighted by Gasteiger charge is 2.48. The molecule has 4 unspecified atom stereocenters. The average Bonchev–Trinajstić information content (AvgIpc) is 1.04. The molecule has 17 aromatic rings. The van der Waals surface area contributed by atoms with Gasteiger partial charge in [0.1, 0.15) is 28.9 Å². The van der Waals surface area contributed by atoms with Crippen LogP contribution in [0.5, 0.6) is 0 Å². The summed E-state index contributed by atoms with van der Waals surface area (Å²) >= 11 is 0. The van der Waals surface area contributed by atoms with Crippen LogP contribution in [0.3, 0.4) is 0 Å². The summed E-state index contributed by atoms with van der Waals surface area (Å²) in [5.41, 5.74) is 30.8. The van der Waals surface area contributed by atoms with E-state index in [4.69, 9.17) is 10.9 Å². The minimum atomic E-state index is -3.76. The predicted molar refractivity (Wildman–Crippen MR) is 530 cm³/mol. The molecule has 0 spiro atoms. The number of benzene rings is 5. The van der Waals surface area contributed by atoms with Crippen LogP contribution in [0.15, 0.2) is 298 Å². The van der Waals surface area contributed by atoms with E-state index in [1.807, 2.05) is 137 Å². The summed E-state index contributed by atoms with van der Waals surface area (Å²) in [6.07, 6.45) is 36.2. The number of aromatic nitrogens is 12. The van der Waals surface area contributed by atoms with Crippen LogP contribution in [0, 0.1) is 80.6 Å².